The highest BCUT2D eigenvalue weighted by atomic mass is 31.1. The quantitative estimate of drug-likeness (QED) is 0.729. The molecule has 5 heteroatoms. The van der Waals surface area contributed by atoms with Crippen LogP contribution < -0.4 is 5.30 Å². The zero-order valence-corrected chi connectivity index (χ0v) is 7.44. The van der Waals surface area contributed by atoms with E-state index in [1.54, 1.807) is 18.2 Å². The van der Waals surface area contributed by atoms with Crippen molar-refractivity contribution >= 4 is 24.6 Å². The summed E-state index contributed by atoms with van der Waals surface area (Å²) in [7, 11) is -2.14. The van der Waals surface area contributed by atoms with E-state index in [-0.39, 0.29) is 0 Å². The Morgan fingerprint density at radius 2 is 1.46 bits per heavy atom. The number of rotatable bonds is 3. The number of carbonyl (C=O) groups is 2. The molecule has 0 saturated carbocycles. The lowest BCUT2D eigenvalue weighted by Gasteiger charge is -2.05. The molecule has 0 atom stereocenters. The molecule has 0 unspecified atom stereocenters. The second-order valence-corrected chi connectivity index (χ2v) is 4.19. The molecule has 1 aromatic carbocycles. The van der Waals surface area contributed by atoms with Crippen molar-refractivity contribution in [1.29, 1.82) is 0 Å². The van der Waals surface area contributed by atoms with Crippen molar-refractivity contribution in [2.75, 3.05) is 0 Å². The molecular formula is C8H7O4P. The van der Waals surface area contributed by atoms with Gasteiger partial charge in [0.25, 0.3) is 0 Å². The molecule has 0 radical (unpaired) electrons. The van der Waals surface area contributed by atoms with Gasteiger partial charge in [-0.25, -0.2) is 9.59 Å². The Morgan fingerprint density at radius 3 is 1.85 bits per heavy atom. The van der Waals surface area contributed by atoms with Gasteiger partial charge in [-0.3, -0.25) is 0 Å². The average Bonchev–Trinajstić information content (AvgIpc) is 2.04. The Bertz CT molecular complexity index is 308. The number of hydrogen-bond acceptors (Lipinski definition) is 2. The van der Waals surface area contributed by atoms with Crippen molar-refractivity contribution in [1.82, 2.24) is 0 Å². The molecule has 0 saturated heterocycles. The van der Waals surface area contributed by atoms with Gasteiger partial charge in [-0.05, 0) is 5.30 Å². The van der Waals surface area contributed by atoms with E-state index in [9.17, 15) is 9.59 Å². The molecule has 0 aliphatic carbocycles. The third-order valence-corrected chi connectivity index (χ3v) is 2.98. The Labute approximate surface area is 75.6 Å². The third-order valence-electron chi connectivity index (χ3n) is 1.40. The van der Waals surface area contributed by atoms with Crippen LogP contribution in [0.4, 0.5) is 9.59 Å². The van der Waals surface area contributed by atoms with Gasteiger partial charge in [-0.15, -0.1) is 0 Å². The van der Waals surface area contributed by atoms with E-state index < -0.39 is 19.3 Å². The first kappa shape index (κ1) is 9.68. The molecule has 4 nitrogen and oxygen atoms in total. The summed E-state index contributed by atoms with van der Waals surface area (Å²) in [4.78, 5) is 21.2. The van der Waals surface area contributed by atoms with Gasteiger partial charge < -0.3 is 10.2 Å². The number of benzene rings is 1. The summed E-state index contributed by atoms with van der Waals surface area (Å²) < 4.78 is 0. The van der Waals surface area contributed by atoms with Gasteiger partial charge in [0.15, 0.2) is 7.92 Å². The first-order chi connectivity index (χ1) is 6.13. The highest BCUT2D eigenvalue weighted by Crippen LogP contribution is 2.35. The van der Waals surface area contributed by atoms with Crippen LogP contribution in [-0.2, 0) is 0 Å². The zero-order chi connectivity index (χ0) is 9.84. The number of hydrogen-bond donors (Lipinski definition) is 2. The van der Waals surface area contributed by atoms with E-state index >= 15 is 0 Å². The molecule has 1 rings (SSSR count). The predicted molar refractivity (Wildman–Crippen MR) is 49.0 cm³/mol. The SMILES string of the molecule is O=C(O)P(C(=O)O)c1ccccc1. The molecule has 0 aliphatic rings. The minimum absolute atomic E-state index is 0.345. The van der Waals surface area contributed by atoms with Gasteiger partial charge in [-0.2, -0.15) is 0 Å². The Morgan fingerprint density at radius 1 is 1.00 bits per heavy atom. The maximum Gasteiger partial charge on any atom is 0.339 e. The summed E-state index contributed by atoms with van der Waals surface area (Å²) in [5.74, 6) is 0. The molecule has 0 aromatic heterocycles. The van der Waals surface area contributed by atoms with E-state index in [4.69, 9.17) is 10.2 Å². The first-order valence-corrected chi connectivity index (χ1v) is 4.78. The molecular weight excluding hydrogens is 191 g/mol. The smallest absolute Gasteiger partial charge is 0.339 e. The van der Waals surface area contributed by atoms with Crippen LogP contribution in [0, 0.1) is 0 Å². The maximum atomic E-state index is 10.6. The second kappa shape index (κ2) is 4.01. The highest BCUT2D eigenvalue weighted by Gasteiger charge is 2.27. The summed E-state index contributed by atoms with van der Waals surface area (Å²) in [5.41, 5.74) is -2.57. The molecule has 0 aliphatic heterocycles. The van der Waals surface area contributed by atoms with Gasteiger partial charge in [0.05, 0.1) is 0 Å². The van der Waals surface area contributed by atoms with Gasteiger partial charge >= 0.3 is 11.4 Å². The lowest BCUT2D eigenvalue weighted by molar-refractivity contribution is 0.215. The Hall–Kier alpha value is -1.41. The maximum absolute atomic E-state index is 10.6. The minimum atomic E-state index is -2.14. The van der Waals surface area contributed by atoms with Crippen LogP contribution in [0.1, 0.15) is 0 Å². The van der Waals surface area contributed by atoms with E-state index in [0.29, 0.717) is 5.30 Å². The monoisotopic (exact) mass is 198 g/mol. The predicted octanol–water partition coefficient (Wildman–Crippen LogP) is 2.15. The van der Waals surface area contributed by atoms with Crippen molar-refractivity contribution in [3.8, 4) is 0 Å². The topological polar surface area (TPSA) is 74.6 Å². The summed E-state index contributed by atoms with van der Waals surface area (Å²) in [6, 6.07) is 7.97. The minimum Gasteiger partial charge on any atom is -0.477 e. The Kier molecular flexibility index (Phi) is 2.98. The van der Waals surface area contributed by atoms with E-state index in [0.717, 1.165) is 0 Å². The average molecular weight is 198 g/mol. The fourth-order valence-corrected chi connectivity index (χ4v) is 1.96. The van der Waals surface area contributed by atoms with Crippen molar-refractivity contribution in [2.24, 2.45) is 0 Å². The molecule has 0 fully saturated rings. The van der Waals surface area contributed by atoms with Crippen LogP contribution in [0.3, 0.4) is 0 Å². The van der Waals surface area contributed by atoms with Crippen LogP contribution in [0.15, 0.2) is 30.3 Å². The van der Waals surface area contributed by atoms with Crippen molar-refractivity contribution < 1.29 is 19.8 Å². The van der Waals surface area contributed by atoms with Crippen LogP contribution in [0.5, 0.6) is 0 Å². The van der Waals surface area contributed by atoms with Gasteiger partial charge in [0.2, 0.25) is 0 Å². The second-order valence-electron chi connectivity index (χ2n) is 2.24. The van der Waals surface area contributed by atoms with E-state index in [1.165, 1.54) is 12.1 Å². The lowest BCUT2D eigenvalue weighted by Crippen LogP contribution is -2.12. The highest BCUT2D eigenvalue weighted by molar-refractivity contribution is 7.94. The molecule has 0 bridgehead atoms. The van der Waals surface area contributed by atoms with Crippen molar-refractivity contribution in [3.63, 3.8) is 0 Å². The van der Waals surface area contributed by atoms with Gasteiger partial charge in [-0.1, -0.05) is 30.3 Å². The van der Waals surface area contributed by atoms with Crippen LogP contribution in [0.2, 0.25) is 0 Å². The summed E-state index contributed by atoms with van der Waals surface area (Å²) in [6.45, 7) is 0. The van der Waals surface area contributed by atoms with Gasteiger partial charge in [0.1, 0.15) is 0 Å². The number of carboxylic acid groups (broad SMARTS) is 2. The van der Waals surface area contributed by atoms with Crippen LogP contribution >= 0.6 is 7.92 Å². The molecule has 1 aromatic rings. The molecule has 13 heavy (non-hydrogen) atoms. The Balaban J connectivity index is 3.03. The molecule has 0 heterocycles. The summed E-state index contributed by atoms with van der Waals surface area (Å²) in [6.07, 6.45) is 0. The molecule has 0 spiro atoms. The van der Waals surface area contributed by atoms with Crippen molar-refractivity contribution in [2.45, 2.75) is 0 Å². The molecule has 0 amide bonds. The third kappa shape index (κ3) is 2.26. The molecule has 2 N–H and O–H groups in total. The fourth-order valence-electron chi connectivity index (χ4n) is 0.880. The lowest BCUT2D eigenvalue weighted by atomic mass is 10.4. The first-order valence-electron chi connectivity index (χ1n) is 3.44. The van der Waals surface area contributed by atoms with Crippen molar-refractivity contribution in [3.05, 3.63) is 30.3 Å². The van der Waals surface area contributed by atoms with E-state index in [2.05, 4.69) is 0 Å². The zero-order valence-electron chi connectivity index (χ0n) is 6.54. The fraction of sp³-hybridized carbons (Fsp3) is 0. The van der Waals surface area contributed by atoms with Crippen LogP contribution in [0.25, 0.3) is 0 Å². The standard InChI is InChI=1S/C8H7O4P/c9-7(10)13(8(11)12)6-4-2-1-3-5-6/h1-5H,(H,9,10)(H,11,12). The largest absolute Gasteiger partial charge is 0.477 e. The van der Waals surface area contributed by atoms with Gasteiger partial charge in [0, 0.05) is 0 Å². The molecule has 68 valence electrons. The summed E-state index contributed by atoms with van der Waals surface area (Å²) in [5, 5.41) is 17.6. The normalized spacial score (nSPS) is 9.92. The van der Waals surface area contributed by atoms with Crippen LogP contribution in [-0.4, -0.2) is 21.6 Å². The summed E-state index contributed by atoms with van der Waals surface area (Å²) >= 11 is 0. The van der Waals surface area contributed by atoms with E-state index in [1.807, 2.05) is 0 Å².